The lowest BCUT2D eigenvalue weighted by atomic mass is 9.97. The van der Waals surface area contributed by atoms with Crippen LogP contribution in [0.25, 0.3) is 0 Å². The summed E-state index contributed by atoms with van der Waals surface area (Å²) in [5.74, 6) is 0.873. The molecule has 0 aliphatic carbocycles. The van der Waals surface area contributed by atoms with Crippen LogP contribution in [-0.4, -0.2) is 56.1 Å². The smallest absolute Gasteiger partial charge is 0.303 e. The normalized spacial score (nSPS) is 15.2. The van der Waals surface area contributed by atoms with Gasteiger partial charge in [0.05, 0.1) is 46.6 Å². The van der Waals surface area contributed by atoms with Gasteiger partial charge in [-0.15, -0.1) is 0 Å². The lowest BCUT2D eigenvalue weighted by Crippen LogP contribution is -2.27. The van der Waals surface area contributed by atoms with E-state index in [9.17, 15) is 9.59 Å². The standard InChI is InChI=1S/C23H26N2O7/c1-29-15-6-8-19(30-2)16(12-15)18-13-17(24-25(18)22(26)9-10-23(27)28)14-5-7-20(31-3)21(11-14)32-4/h5-8,11-12,18H,9-10,13H2,1-4H3,(H,27,28)/t18-/m0/s1. The summed E-state index contributed by atoms with van der Waals surface area (Å²) >= 11 is 0. The van der Waals surface area contributed by atoms with Crippen molar-refractivity contribution < 1.29 is 33.6 Å². The van der Waals surface area contributed by atoms with Gasteiger partial charge in [0.15, 0.2) is 11.5 Å². The van der Waals surface area contributed by atoms with Crippen molar-refractivity contribution in [2.24, 2.45) is 5.10 Å². The Bertz CT molecular complexity index is 1040. The number of carbonyl (C=O) groups excluding carboxylic acids is 1. The molecule has 170 valence electrons. The van der Waals surface area contributed by atoms with E-state index in [1.54, 1.807) is 58.8 Å². The van der Waals surface area contributed by atoms with Crippen LogP contribution in [0.15, 0.2) is 41.5 Å². The molecule has 0 spiro atoms. The van der Waals surface area contributed by atoms with Crippen LogP contribution in [-0.2, 0) is 9.59 Å². The van der Waals surface area contributed by atoms with Crippen LogP contribution in [0.4, 0.5) is 0 Å². The number of hydrogen-bond donors (Lipinski definition) is 1. The first-order valence-electron chi connectivity index (χ1n) is 9.97. The molecule has 0 fully saturated rings. The molecule has 0 radical (unpaired) electrons. The minimum absolute atomic E-state index is 0.166. The van der Waals surface area contributed by atoms with Crippen molar-refractivity contribution in [1.29, 1.82) is 0 Å². The molecule has 0 saturated heterocycles. The first kappa shape index (κ1) is 22.9. The molecule has 0 saturated carbocycles. The van der Waals surface area contributed by atoms with Crippen LogP contribution in [0, 0.1) is 0 Å². The highest BCUT2D eigenvalue weighted by molar-refractivity contribution is 6.03. The zero-order valence-corrected chi connectivity index (χ0v) is 18.5. The first-order chi connectivity index (χ1) is 15.4. The number of carbonyl (C=O) groups is 2. The van der Waals surface area contributed by atoms with Gasteiger partial charge in [-0.2, -0.15) is 5.10 Å². The molecular formula is C23H26N2O7. The average Bonchev–Trinajstić information content (AvgIpc) is 3.26. The lowest BCUT2D eigenvalue weighted by Gasteiger charge is -2.24. The number of hydrazone groups is 1. The second-order valence-electron chi connectivity index (χ2n) is 7.08. The van der Waals surface area contributed by atoms with Crippen molar-refractivity contribution in [3.8, 4) is 23.0 Å². The van der Waals surface area contributed by atoms with Crippen molar-refractivity contribution in [3.63, 3.8) is 0 Å². The van der Waals surface area contributed by atoms with Gasteiger partial charge in [-0.1, -0.05) is 0 Å². The third kappa shape index (κ3) is 4.77. The maximum Gasteiger partial charge on any atom is 0.303 e. The predicted octanol–water partition coefficient (Wildman–Crippen LogP) is 3.26. The van der Waals surface area contributed by atoms with E-state index in [-0.39, 0.29) is 12.8 Å². The molecule has 1 aliphatic rings. The van der Waals surface area contributed by atoms with Gasteiger partial charge in [-0.25, -0.2) is 5.01 Å². The molecular weight excluding hydrogens is 416 g/mol. The van der Waals surface area contributed by atoms with Gasteiger partial charge in [0.1, 0.15) is 11.5 Å². The van der Waals surface area contributed by atoms with E-state index in [2.05, 4.69) is 5.10 Å². The zero-order chi connectivity index (χ0) is 23.3. The van der Waals surface area contributed by atoms with Gasteiger partial charge in [0.25, 0.3) is 0 Å². The average molecular weight is 442 g/mol. The van der Waals surface area contributed by atoms with E-state index in [0.717, 1.165) is 11.1 Å². The number of methoxy groups -OCH3 is 4. The monoisotopic (exact) mass is 442 g/mol. The van der Waals surface area contributed by atoms with Crippen LogP contribution < -0.4 is 18.9 Å². The Morgan fingerprint density at radius 3 is 2.25 bits per heavy atom. The number of nitrogens with zero attached hydrogens (tertiary/aromatic N) is 2. The molecule has 1 amide bonds. The van der Waals surface area contributed by atoms with E-state index in [1.807, 2.05) is 6.07 Å². The maximum absolute atomic E-state index is 12.9. The van der Waals surface area contributed by atoms with Gasteiger partial charge in [-0.3, -0.25) is 9.59 Å². The molecule has 9 nitrogen and oxygen atoms in total. The van der Waals surface area contributed by atoms with Crippen molar-refractivity contribution in [2.75, 3.05) is 28.4 Å². The fourth-order valence-electron chi connectivity index (χ4n) is 3.60. The second kappa shape index (κ2) is 10.0. The zero-order valence-electron chi connectivity index (χ0n) is 18.5. The Morgan fingerprint density at radius 2 is 1.62 bits per heavy atom. The Morgan fingerprint density at radius 1 is 0.938 bits per heavy atom. The molecule has 0 unspecified atom stereocenters. The van der Waals surface area contributed by atoms with E-state index in [0.29, 0.717) is 35.1 Å². The Hall–Kier alpha value is -3.75. The van der Waals surface area contributed by atoms with E-state index in [4.69, 9.17) is 24.1 Å². The number of ether oxygens (including phenoxy) is 4. The summed E-state index contributed by atoms with van der Waals surface area (Å²) in [6.45, 7) is 0. The van der Waals surface area contributed by atoms with Gasteiger partial charge >= 0.3 is 5.97 Å². The summed E-state index contributed by atoms with van der Waals surface area (Å²) in [5, 5.41) is 14.9. The molecule has 2 aromatic rings. The summed E-state index contributed by atoms with van der Waals surface area (Å²) < 4.78 is 21.6. The number of benzene rings is 2. The number of rotatable bonds is 9. The third-order valence-corrected chi connectivity index (χ3v) is 5.23. The van der Waals surface area contributed by atoms with Crippen LogP contribution >= 0.6 is 0 Å². The SMILES string of the molecule is COc1ccc(OC)c([C@@H]2CC(c3ccc(OC)c(OC)c3)=NN2C(=O)CCC(=O)O)c1. The highest BCUT2D eigenvalue weighted by atomic mass is 16.5. The first-order valence-corrected chi connectivity index (χ1v) is 9.97. The topological polar surface area (TPSA) is 107 Å². The minimum atomic E-state index is -1.04. The maximum atomic E-state index is 12.9. The van der Waals surface area contributed by atoms with Crippen molar-refractivity contribution >= 4 is 17.6 Å². The molecule has 1 atom stereocenters. The number of aliphatic carboxylic acids is 1. The third-order valence-electron chi connectivity index (χ3n) is 5.23. The fourth-order valence-corrected chi connectivity index (χ4v) is 3.60. The summed E-state index contributed by atoms with van der Waals surface area (Å²) in [6.07, 6.45) is -0.0445. The molecule has 1 heterocycles. The van der Waals surface area contributed by atoms with E-state index in [1.165, 1.54) is 5.01 Å². The number of carboxylic acid groups (broad SMARTS) is 1. The molecule has 1 N–H and O–H groups in total. The fraction of sp³-hybridized carbons (Fsp3) is 0.348. The molecule has 0 aromatic heterocycles. The van der Waals surface area contributed by atoms with Gasteiger partial charge < -0.3 is 24.1 Å². The van der Waals surface area contributed by atoms with Gasteiger partial charge in [0.2, 0.25) is 5.91 Å². The van der Waals surface area contributed by atoms with E-state index >= 15 is 0 Å². The largest absolute Gasteiger partial charge is 0.497 e. The minimum Gasteiger partial charge on any atom is -0.497 e. The predicted molar refractivity (Wildman–Crippen MR) is 117 cm³/mol. The number of hydrogen-bond acceptors (Lipinski definition) is 7. The van der Waals surface area contributed by atoms with Crippen LogP contribution in [0.5, 0.6) is 23.0 Å². The Balaban J connectivity index is 2.02. The van der Waals surface area contributed by atoms with Gasteiger partial charge in [-0.05, 0) is 36.4 Å². The summed E-state index contributed by atoms with van der Waals surface area (Å²) in [5.41, 5.74) is 2.14. The van der Waals surface area contributed by atoms with Crippen molar-refractivity contribution in [2.45, 2.75) is 25.3 Å². The molecule has 9 heteroatoms. The number of carboxylic acids is 1. The van der Waals surface area contributed by atoms with Crippen LogP contribution in [0.3, 0.4) is 0 Å². The lowest BCUT2D eigenvalue weighted by molar-refractivity contribution is -0.141. The second-order valence-corrected chi connectivity index (χ2v) is 7.08. The summed E-state index contributed by atoms with van der Waals surface area (Å²) in [7, 11) is 6.21. The molecule has 1 aliphatic heterocycles. The quantitative estimate of drug-likeness (QED) is 0.635. The Kier molecular flexibility index (Phi) is 7.19. The van der Waals surface area contributed by atoms with Crippen molar-refractivity contribution in [1.82, 2.24) is 5.01 Å². The molecule has 3 rings (SSSR count). The van der Waals surface area contributed by atoms with Crippen LogP contribution in [0.2, 0.25) is 0 Å². The molecule has 2 aromatic carbocycles. The highest BCUT2D eigenvalue weighted by Gasteiger charge is 2.35. The number of amides is 1. The summed E-state index contributed by atoms with van der Waals surface area (Å²) in [6, 6.07) is 10.3. The summed E-state index contributed by atoms with van der Waals surface area (Å²) in [4.78, 5) is 23.9. The highest BCUT2D eigenvalue weighted by Crippen LogP contribution is 2.40. The molecule has 0 bridgehead atoms. The van der Waals surface area contributed by atoms with Crippen LogP contribution in [0.1, 0.15) is 36.4 Å². The van der Waals surface area contributed by atoms with E-state index < -0.39 is 17.9 Å². The molecule has 32 heavy (non-hydrogen) atoms. The van der Waals surface area contributed by atoms with Crippen molar-refractivity contribution in [3.05, 3.63) is 47.5 Å². The van der Waals surface area contributed by atoms with Gasteiger partial charge in [0, 0.05) is 24.0 Å². The Labute approximate surface area is 186 Å².